The lowest BCUT2D eigenvalue weighted by molar-refractivity contribution is 0.0919. The van der Waals surface area contributed by atoms with E-state index < -0.39 is 10.0 Å². The van der Waals surface area contributed by atoms with E-state index in [1.165, 1.54) is 10.6 Å². The second-order valence-electron chi connectivity index (χ2n) is 5.55. The molecule has 9 heteroatoms. The van der Waals surface area contributed by atoms with Gasteiger partial charge in [0.15, 0.2) is 11.5 Å². The van der Waals surface area contributed by atoms with Crippen LogP contribution in [0, 0.1) is 0 Å². The Balaban J connectivity index is 1.58. The highest BCUT2D eigenvalue weighted by atomic mass is 32.2. The Morgan fingerprint density at radius 1 is 1.43 bits per heavy atom. The number of piperidine rings is 1. The number of aromatic nitrogens is 2. The topological polar surface area (TPSA) is 108 Å². The third-order valence-electron chi connectivity index (χ3n) is 3.86. The van der Waals surface area contributed by atoms with Gasteiger partial charge in [0.1, 0.15) is 5.69 Å². The molecular weight excluding hydrogens is 320 g/mol. The van der Waals surface area contributed by atoms with Crippen LogP contribution in [0.1, 0.15) is 23.3 Å². The molecule has 0 radical (unpaired) electrons. The van der Waals surface area contributed by atoms with Crippen LogP contribution >= 0.6 is 0 Å². The first kappa shape index (κ1) is 15.8. The molecule has 1 saturated heterocycles. The monoisotopic (exact) mass is 338 g/mol. The van der Waals surface area contributed by atoms with E-state index in [-0.39, 0.29) is 17.6 Å². The summed E-state index contributed by atoms with van der Waals surface area (Å²) < 4.78 is 29.6. The third-order valence-corrected chi connectivity index (χ3v) is 5.16. The van der Waals surface area contributed by atoms with E-state index >= 15 is 0 Å². The summed E-state index contributed by atoms with van der Waals surface area (Å²) in [5, 5.41) is 9.64. The Bertz CT molecular complexity index is 774. The average molecular weight is 338 g/mol. The molecule has 0 atom stereocenters. The summed E-state index contributed by atoms with van der Waals surface area (Å²) in [5.41, 5.74) is 0.911. The molecule has 3 rings (SSSR count). The molecule has 8 nitrogen and oxygen atoms in total. The van der Waals surface area contributed by atoms with Crippen LogP contribution in [0.4, 0.5) is 0 Å². The molecule has 0 spiro atoms. The van der Waals surface area contributed by atoms with E-state index in [9.17, 15) is 13.2 Å². The summed E-state index contributed by atoms with van der Waals surface area (Å²) in [6.45, 7) is 0.837. The van der Waals surface area contributed by atoms with Gasteiger partial charge in [-0.25, -0.2) is 12.7 Å². The number of furan rings is 1. The van der Waals surface area contributed by atoms with Gasteiger partial charge in [-0.1, -0.05) is 0 Å². The fraction of sp³-hybridized carbons (Fsp3) is 0.429. The zero-order valence-corrected chi connectivity index (χ0v) is 13.5. The quantitative estimate of drug-likeness (QED) is 0.858. The number of nitrogens with zero attached hydrogens (tertiary/aromatic N) is 2. The SMILES string of the molecule is CS(=O)(=O)N1CCC(NC(=O)c2cc(-c3ccco3)[nH]n2)CC1. The zero-order valence-electron chi connectivity index (χ0n) is 12.7. The van der Waals surface area contributed by atoms with Crippen LogP contribution in [0.25, 0.3) is 11.5 Å². The molecule has 1 fully saturated rings. The average Bonchev–Trinajstić information content (AvgIpc) is 3.18. The highest BCUT2D eigenvalue weighted by molar-refractivity contribution is 7.88. The summed E-state index contributed by atoms with van der Waals surface area (Å²) in [4.78, 5) is 12.2. The lowest BCUT2D eigenvalue weighted by atomic mass is 10.1. The van der Waals surface area contributed by atoms with Crippen molar-refractivity contribution in [3.63, 3.8) is 0 Å². The fourth-order valence-corrected chi connectivity index (χ4v) is 3.46. The molecule has 2 aromatic heterocycles. The molecule has 2 N–H and O–H groups in total. The summed E-state index contributed by atoms with van der Waals surface area (Å²) >= 11 is 0. The predicted molar refractivity (Wildman–Crippen MR) is 83.2 cm³/mol. The van der Waals surface area contributed by atoms with Crippen LogP contribution in [0.2, 0.25) is 0 Å². The molecule has 0 unspecified atom stereocenters. The van der Waals surface area contributed by atoms with Gasteiger partial charge in [-0.3, -0.25) is 9.89 Å². The van der Waals surface area contributed by atoms with Crippen molar-refractivity contribution in [1.29, 1.82) is 0 Å². The van der Waals surface area contributed by atoms with Crippen molar-refractivity contribution in [3.8, 4) is 11.5 Å². The molecule has 0 saturated carbocycles. The first-order chi connectivity index (χ1) is 10.9. The first-order valence-corrected chi connectivity index (χ1v) is 9.13. The van der Waals surface area contributed by atoms with E-state index in [0.29, 0.717) is 37.4 Å². The number of rotatable bonds is 4. The van der Waals surface area contributed by atoms with Gasteiger partial charge in [0.2, 0.25) is 10.0 Å². The molecule has 2 aromatic rings. The van der Waals surface area contributed by atoms with Gasteiger partial charge < -0.3 is 9.73 Å². The van der Waals surface area contributed by atoms with Gasteiger partial charge in [-0.2, -0.15) is 5.10 Å². The zero-order chi connectivity index (χ0) is 16.4. The Labute approximate surface area is 133 Å². The third kappa shape index (κ3) is 3.62. The number of H-pyrrole nitrogens is 1. The standard InChI is InChI=1S/C14H18N4O4S/c1-23(20,21)18-6-4-10(5-7-18)15-14(19)12-9-11(16-17-12)13-3-2-8-22-13/h2-3,8-10H,4-7H2,1H3,(H,15,19)(H,16,17). The fourth-order valence-electron chi connectivity index (χ4n) is 2.59. The molecule has 0 aromatic carbocycles. The van der Waals surface area contributed by atoms with E-state index in [1.807, 2.05) is 0 Å². The Morgan fingerprint density at radius 2 is 2.17 bits per heavy atom. The Morgan fingerprint density at radius 3 is 2.78 bits per heavy atom. The normalized spacial score (nSPS) is 17.3. The summed E-state index contributed by atoms with van der Waals surface area (Å²) in [6, 6.07) is 5.10. The van der Waals surface area contributed by atoms with Crippen LogP contribution in [-0.4, -0.2) is 54.2 Å². The first-order valence-electron chi connectivity index (χ1n) is 7.29. The van der Waals surface area contributed by atoms with Gasteiger partial charge >= 0.3 is 0 Å². The van der Waals surface area contributed by atoms with Crippen LogP contribution < -0.4 is 5.32 Å². The van der Waals surface area contributed by atoms with Crippen LogP contribution in [0.5, 0.6) is 0 Å². The molecule has 23 heavy (non-hydrogen) atoms. The van der Waals surface area contributed by atoms with Gasteiger partial charge in [0.05, 0.1) is 12.5 Å². The molecule has 0 aliphatic carbocycles. The Kier molecular flexibility index (Phi) is 4.22. The summed E-state index contributed by atoms with van der Waals surface area (Å²) in [5.74, 6) is 0.329. The van der Waals surface area contributed by atoms with Gasteiger partial charge in [-0.05, 0) is 25.0 Å². The van der Waals surface area contributed by atoms with Crippen molar-refractivity contribution in [3.05, 3.63) is 30.2 Å². The predicted octanol–water partition coefficient (Wildman–Crippen LogP) is 0.823. The number of nitrogens with one attached hydrogen (secondary N) is 2. The van der Waals surface area contributed by atoms with Crippen LogP contribution in [0.15, 0.2) is 28.9 Å². The van der Waals surface area contributed by atoms with E-state index in [2.05, 4.69) is 15.5 Å². The van der Waals surface area contributed by atoms with Gasteiger partial charge in [0.25, 0.3) is 5.91 Å². The second kappa shape index (κ2) is 6.17. The second-order valence-corrected chi connectivity index (χ2v) is 7.54. The number of carbonyl (C=O) groups excluding carboxylic acids is 1. The van der Waals surface area contributed by atoms with Crippen molar-refractivity contribution < 1.29 is 17.6 Å². The highest BCUT2D eigenvalue weighted by Gasteiger charge is 2.26. The maximum atomic E-state index is 12.2. The van der Waals surface area contributed by atoms with Crippen molar-refractivity contribution in [1.82, 2.24) is 19.8 Å². The minimum absolute atomic E-state index is 0.0516. The van der Waals surface area contributed by atoms with E-state index in [0.717, 1.165) is 0 Å². The van der Waals surface area contributed by atoms with E-state index in [1.54, 1.807) is 24.5 Å². The molecule has 3 heterocycles. The number of aromatic amines is 1. The Hall–Kier alpha value is -2.13. The lowest BCUT2D eigenvalue weighted by Gasteiger charge is -2.30. The lowest BCUT2D eigenvalue weighted by Crippen LogP contribution is -2.46. The molecule has 0 bridgehead atoms. The molecule has 124 valence electrons. The number of carbonyl (C=O) groups is 1. The molecule has 1 aliphatic rings. The largest absolute Gasteiger partial charge is 0.463 e. The van der Waals surface area contributed by atoms with Crippen molar-refractivity contribution in [2.45, 2.75) is 18.9 Å². The number of sulfonamides is 1. The van der Waals surface area contributed by atoms with Crippen LogP contribution in [0.3, 0.4) is 0 Å². The van der Waals surface area contributed by atoms with Crippen molar-refractivity contribution >= 4 is 15.9 Å². The molecule has 1 aliphatic heterocycles. The van der Waals surface area contributed by atoms with E-state index in [4.69, 9.17) is 4.42 Å². The minimum Gasteiger partial charge on any atom is -0.463 e. The number of amides is 1. The van der Waals surface area contributed by atoms with Crippen molar-refractivity contribution in [2.75, 3.05) is 19.3 Å². The van der Waals surface area contributed by atoms with Gasteiger partial charge in [-0.15, -0.1) is 0 Å². The summed E-state index contributed by atoms with van der Waals surface area (Å²) in [7, 11) is -3.16. The summed E-state index contributed by atoms with van der Waals surface area (Å²) in [6.07, 6.45) is 3.93. The maximum Gasteiger partial charge on any atom is 0.272 e. The maximum absolute atomic E-state index is 12.2. The molecule has 1 amide bonds. The minimum atomic E-state index is -3.16. The van der Waals surface area contributed by atoms with Gasteiger partial charge in [0, 0.05) is 25.2 Å². The molecular formula is C14H18N4O4S. The van der Waals surface area contributed by atoms with Crippen LogP contribution in [-0.2, 0) is 10.0 Å². The van der Waals surface area contributed by atoms with Crippen molar-refractivity contribution in [2.24, 2.45) is 0 Å². The number of hydrogen-bond donors (Lipinski definition) is 2. The highest BCUT2D eigenvalue weighted by Crippen LogP contribution is 2.18. The number of hydrogen-bond acceptors (Lipinski definition) is 5. The smallest absolute Gasteiger partial charge is 0.272 e.